The molecule has 2 N–H and O–H groups in total. The quantitative estimate of drug-likeness (QED) is 0.818. The molecule has 2 rings (SSSR count). The zero-order valence-corrected chi connectivity index (χ0v) is 9.72. The van der Waals surface area contributed by atoms with Crippen molar-refractivity contribution in [1.29, 1.82) is 0 Å². The number of fused-ring (bicyclic) bond motifs is 1. The first-order valence-electron chi connectivity index (χ1n) is 4.78. The van der Waals surface area contributed by atoms with E-state index in [1.165, 1.54) is 0 Å². The van der Waals surface area contributed by atoms with Gasteiger partial charge in [-0.15, -0.1) is 5.10 Å². The van der Waals surface area contributed by atoms with Gasteiger partial charge < -0.3 is 5.73 Å². The molecule has 98 valence electrons. The summed E-state index contributed by atoms with van der Waals surface area (Å²) in [5, 5.41) is 2.93. The molecule has 0 aliphatic carbocycles. The van der Waals surface area contributed by atoms with E-state index < -0.39 is 28.6 Å². The van der Waals surface area contributed by atoms with Crippen LogP contribution in [0.2, 0.25) is 5.02 Å². The van der Waals surface area contributed by atoms with Gasteiger partial charge in [0.2, 0.25) is 5.95 Å². The van der Waals surface area contributed by atoms with Gasteiger partial charge in [0.25, 0.3) is 0 Å². The van der Waals surface area contributed by atoms with Crippen molar-refractivity contribution in [2.24, 2.45) is 0 Å². The summed E-state index contributed by atoms with van der Waals surface area (Å²) in [6.45, 7) is 0.866. The number of halogens is 5. The molecule has 0 saturated heterocycles. The number of rotatable bonds is 1. The van der Waals surface area contributed by atoms with Gasteiger partial charge in [-0.1, -0.05) is 11.6 Å². The summed E-state index contributed by atoms with van der Waals surface area (Å²) in [4.78, 5) is 3.51. The van der Waals surface area contributed by atoms with Gasteiger partial charge in [0.1, 0.15) is 10.5 Å². The van der Waals surface area contributed by atoms with Gasteiger partial charge in [0, 0.05) is 0 Å². The van der Waals surface area contributed by atoms with Crippen molar-refractivity contribution < 1.29 is 17.6 Å². The molecule has 0 fully saturated rings. The van der Waals surface area contributed by atoms with Crippen LogP contribution in [-0.4, -0.2) is 20.8 Å². The Bertz CT molecular complexity index is 607. The Hall–Kier alpha value is -1.57. The third-order valence-corrected chi connectivity index (χ3v) is 2.88. The summed E-state index contributed by atoms with van der Waals surface area (Å²) < 4.78 is 52.4. The molecule has 0 spiro atoms. The fraction of sp³-hybridized carbons (Fsp3) is 0.333. The fourth-order valence-electron chi connectivity index (χ4n) is 1.54. The van der Waals surface area contributed by atoms with E-state index in [4.69, 9.17) is 17.3 Å². The van der Waals surface area contributed by atoms with E-state index in [2.05, 4.69) is 10.1 Å². The number of nitrogens with zero attached hydrogens (tertiary/aromatic N) is 3. The van der Waals surface area contributed by atoms with E-state index in [0.29, 0.717) is 0 Å². The maximum Gasteiger partial charge on any atom is 0.397 e. The van der Waals surface area contributed by atoms with Crippen LogP contribution in [0, 0.1) is 5.82 Å². The molecule has 1 unspecified atom stereocenters. The Kier molecular flexibility index (Phi) is 2.84. The van der Waals surface area contributed by atoms with Crippen LogP contribution in [-0.2, 0) is 0 Å². The number of hydrogen-bond donors (Lipinski definition) is 1. The molecular formula is C9H7ClF4N4. The van der Waals surface area contributed by atoms with Crippen LogP contribution in [0.5, 0.6) is 0 Å². The van der Waals surface area contributed by atoms with Crippen LogP contribution in [0.15, 0.2) is 6.20 Å². The first kappa shape index (κ1) is 12.9. The lowest BCUT2D eigenvalue weighted by Gasteiger charge is -2.15. The van der Waals surface area contributed by atoms with E-state index in [0.717, 1.165) is 17.6 Å². The largest absolute Gasteiger partial charge is 0.397 e. The molecule has 2 aromatic heterocycles. The summed E-state index contributed by atoms with van der Waals surface area (Å²) in [5.41, 5.74) is 4.53. The molecule has 0 saturated carbocycles. The monoisotopic (exact) mass is 282 g/mol. The van der Waals surface area contributed by atoms with Crippen molar-refractivity contribution in [2.75, 3.05) is 5.73 Å². The van der Waals surface area contributed by atoms with Gasteiger partial charge in [-0.2, -0.15) is 13.2 Å². The summed E-state index contributed by atoms with van der Waals surface area (Å²) in [6.07, 6.45) is -3.58. The smallest absolute Gasteiger partial charge is 0.367 e. The van der Waals surface area contributed by atoms with E-state index in [-0.39, 0.29) is 11.5 Å². The van der Waals surface area contributed by atoms with E-state index >= 15 is 0 Å². The zero-order valence-electron chi connectivity index (χ0n) is 8.96. The van der Waals surface area contributed by atoms with Crippen LogP contribution in [0.25, 0.3) is 5.52 Å². The summed E-state index contributed by atoms with van der Waals surface area (Å²) in [6, 6.07) is 0. The van der Waals surface area contributed by atoms with E-state index in [9.17, 15) is 17.6 Å². The highest BCUT2D eigenvalue weighted by Gasteiger charge is 2.41. The van der Waals surface area contributed by atoms with Gasteiger partial charge >= 0.3 is 6.18 Å². The molecule has 0 bridgehead atoms. The normalized spacial score (nSPS) is 14.1. The average molecular weight is 283 g/mol. The van der Waals surface area contributed by atoms with Crippen molar-refractivity contribution in [3.8, 4) is 0 Å². The minimum absolute atomic E-state index is 0.250. The molecule has 0 amide bonds. The summed E-state index contributed by atoms with van der Waals surface area (Å²) >= 11 is 5.59. The van der Waals surface area contributed by atoms with Gasteiger partial charge in [-0.3, -0.25) is 0 Å². The maximum atomic E-state index is 13.7. The van der Waals surface area contributed by atoms with Crippen molar-refractivity contribution in [2.45, 2.75) is 19.0 Å². The van der Waals surface area contributed by atoms with Crippen LogP contribution >= 0.6 is 11.6 Å². The summed E-state index contributed by atoms with van der Waals surface area (Å²) in [5.74, 6) is -3.25. The molecule has 0 radical (unpaired) electrons. The predicted octanol–water partition coefficient (Wildman–Crippen LogP) is 2.77. The molecule has 0 aromatic carbocycles. The van der Waals surface area contributed by atoms with Crippen molar-refractivity contribution in [3.05, 3.63) is 22.7 Å². The first-order chi connectivity index (χ1) is 8.23. The van der Waals surface area contributed by atoms with Gasteiger partial charge in [0.05, 0.1) is 17.8 Å². The molecular weight excluding hydrogens is 276 g/mol. The van der Waals surface area contributed by atoms with Crippen LogP contribution in [0.1, 0.15) is 18.5 Å². The Balaban J connectivity index is 2.77. The Morgan fingerprint density at radius 3 is 2.61 bits per heavy atom. The molecule has 1 atom stereocenters. The number of alkyl halides is 3. The van der Waals surface area contributed by atoms with Crippen LogP contribution < -0.4 is 5.73 Å². The SMILES string of the molecule is CC(c1c(Cl)c(F)c2cnc(N)nn12)C(F)(F)F. The Morgan fingerprint density at radius 2 is 2.06 bits per heavy atom. The number of anilines is 1. The average Bonchev–Trinajstić information content (AvgIpc) is 2.49. The topological polar surface area (TPSA) is 56.2 Å². The summed E-state index contributed by atoms with van der Waals surface area (Å²) in [7, 11) is 0. The molecule has 9 heteroatoms. The highest BCUT2D eigenvalue weighted by Crippen LogP contribution is 2.40. The highest BCUT2D eigenvalue weighted by molar-refractivity contribution is 6.32. The second-order valence-electron chi connectivity index (χ2n) is 3.69. The number of aromatic nitrogens is 3. The Labute approximate surface area is 103 Å². The van der Waals surface area contributed by atoms with Gasteiger partial charge in [0.15, 0.2) is 5.82 Å². The standard InChI is InChI=1S/C9H7ClF4N4/c1-3(9(12,13)14)7-5(10)6(11)4-2-16-8(15)17-18(4)7/h2-3H,1H3,(H2,15,17). The van der Waals surface area contributed by atoms with Crippen molar-refractivity contribution in [3.63, 3.8) is 0 Å². The third kappa shape index (κ3) is 1.86. The third-order valence-electron chi connectivity index (χ3n) is 2.52. The maximum absolute atomic E-state index is 13.7. The molecule has 0 aliphatic rings. The predicted molar refractivity (Wildman–Crippen MR) is 56.8 cm³/mol. The first-order valence-corrected chi connectivity index (χ1v) is 5.16. The molecule has 0 aliphatic heterocycles. The highest BCUT2D eigenvalue weighted by atomic mass is 35.5. The lowest BCUT2D eigenvalue weighted by Crippen LogP contribution is -2.20. The van der Waals surface area contributed by atoms with Gasteiger partial charge in [-0.05, 0) is 6.92 Å². The molecule has 18 heavy (non-hydrogen) atoms. The number of nitrogens with two attached hydrogens (primary N) is 1. The second-order valence-corrected chi connectivity index (χ2v) is 4.07. The minimum atomic E-state index is -4.57. The van der Waals surface area contributed by atoms with E-state index in [1.54, 1.807) is 0 Å². The van der Waals surface area contributed by atoms with Crippen LogP contribution in [0.3, 0.4) is 0 Å². The lowest BCUT2D eigenvalue weighted by atomic mass is 10.1. The fourth-order valence-corrected chi connectivity index (χ4v) is 1.88. The van der Waals surface area contributed by atoms with Gasteiger partial charge in [-0.25, -0.2) is 13.9 Å². The molecule has 2 heterocycles. The minimum Gasteiger partial charge on any atom is -0.367 e. The van der Waals surface area contributed by atoms with Crippen LogP contribution in [0.4, 0.5) is 23.5 Å². The molecule has 2 aromatic rings. The number of nitrogen functional groups attached to an aromatic ring is 1. The number of hydrogen-bond acceptors (Lipinski definition) is 3. The zero-order chi connectivity index (χ0) is 13.7. The molecule has 4 nitrogen and oxygen atoms in total. The van der Waals surface area contributed by atoms with E-state index in [1.807, 2.05) is 0 Å². The Morgan fingerprint density at radius 1 is 1.44 bits per heavy atom. The lowest BCUT2D eigenvalue weighted by molar-refractivity contribution is -0.147. The second kappa shape index (κ2) is 3.98. The van der Waals surface area contributed by atoms with Crippen molar-refractivity contribution in [1.82, 2.24) is 14.6 Å². The van der Waals surface area contributed by atoms with Crippen molar-refractivity contribution >= 4 is 23.1 Å².